The monoisotopic (exact) mass is 319 g/mol. The SMILES string of the molecule is CN1CC(C(=O)NC2CCCN(c3ccccc3F)C2)CC1=O. The van der Waals surface area contributed by atoms with Crippen molar-refractivity contribution < 1.29 is 14.0 Å². The number of nitrogens with one attached hydrogen (secondary N) is 1. The molecule has 3 rings (SSSR count). The molecule has 1 N–H and O–H groups in total. The zero-order chi connectivity index (χ0) is 16.4. The number of nitrogens with zero attached hydrogens (tertiary/aromatic N) is 2. The lowest BCUT2D eigenvalue weighted by molar-refractivity contribution is -0.128. The van der Waals surface area contributed by atoms with Gasteiger partial charge in [0.05, 0.1) is 11.6 Å². The Bertz CT molecular complexity index is 607. The van der Waals surface area contributed by atoms with Gasteiger partial charge in [-0.05, 0) is 25.0 Å². The number of para-hydroxylation sites is 1. The quantitative estimate of drug-likeness (QED) is 0.916. The highest BCUT2D eigenvalue weighted by Gasteiger charge is 2.33. The fourth-order valence-corrected chi connectivity index (χ4v) is 3.38. The van der Waals surface area contributed by atoms with Gasteiger partial charge >= 0.3 is 0 Å². The van der Waals surface area contributed by atoms with Crippen molar-refractivity contribution in [2.45, 2.75) is 25.3 Å². The lowest BCUT2D eigenvalue weighted by Gasteiger charge is -2.35. The van der Waals surface area contributed by atoms with Crippen LogP contribution in [0.4, 0.5) is 10.1 Å². The molecule has 0 saturated carbocycles. The van der Waals surface area contributed by atoms with Crippen molar-refractivity contribution >= 4 is 17.5 Å². The van der Waals surface area contributed by atoms with E-state index >= 15 is 0 Å². The summed E-state index contributed by atoms with van der Waals surface area (Å²) in [7, 11) is 1.72. The van der Waals surface area contributed by atoms with Crippen molar-refractivity contribution in [2.24, 2.45) is 5.92 Å². The molecule has 0 bridgehead atoms. The zero-order valence-corrected chi connectivity index (χ0v) is 13.3. The van der Waals surface area contributed by atoms with Crippen LogP contribution < -0.4 is 10.2 Å². The van der Waals surface area contributed by atoms with Gasteiger partial charge in [0.25, 0.3) is 0 Å². The highest BCUT2D eigenvalue weighted by molar-refractivity contribution is 5.89. The van der Waals surface area contributed by atoms with E-state index in [4.69, 9.17) is 0 Å². The molecule has 0 aromatic heterocycles. The Morgan fingerprint density at radius 3 is 2.78 bits per heavy atom. The van der Waals surface area contributed by atoms with E-state index in [1.54, 1.807) is 24.1 Å². The van der Waals surface area contributed by atoms with Gasteiger partial charge in [0.2, 0.25) is 11.8 Å². The van der Waals surface area contributed by atoms with E-state index in [9.17, 15) is 14.0 Å². The number of anilines is 1. The highest BCUT2D eigenvalue weighted by Crippen LogP contribution is 2.23. The van der Waals surface area contributed by atoms with E-state index in [1.165, 1.54) is 6.07 Å². The minimum absolute atomic E-state index is 0.00290. The first-order chi connectivity index (χ1) is 11.0. The van der Waals surface area contributed by atoms with Gasteiger partial charge in [0, 0.05) is 39.1 Å². The van der Waals surface area contributed by atoms with Crippen LogP contribution in [0.1, 0.15) is 19.3 Å². The minimum Gasteiger partial charge on any atom is -0.367 e. The van der Waals surface area contributed by atoms with Crippen LogP contribution in [0, 0.1) is 11.7 Å². The summed E-state index contributed by atoms with van der Waals surface area (Å²) in [6.07, 6.45) is 2.07. The van der Waals surface area contributed by atoms with Gasteiger partial charge in [0.15, 0.2) is 0 Å². The van der Waals surface area contributed by atoms with Gasteiger partial charge in [-0.2, -0.15) is 0 Å². The van der Waals surface area contributed by atoms with Crippen LogP contribution in [0.3, 0.4) is 0 Å². The summed E-state index contributed by atoms with van der Waals surface area (Å²) in [4.78, 5) is 27.5. The summed E-state index contributed by atoms with van der Waals surface area (Å²) < 4.78 is 13.9. The van der Waals surface area contributed by atoms with E-state index in [0.717, 1.165) is 19.4 Å². The summed E-state index contributed by atoms with van der Waals surface area (Å²) in [6, 6.07) is 6.72. The highest BCUT2D eigenvalue weighted by atomic mass is 19.1. The summed E-state index contributed by atoms with van der Waals surface area (Å²) >= 11 is 0. The Hall–Kier alpha value is -2.11. The summed E-state index contributed by atoms with van der Waals surface area (Å²) in [5.74, 6) is -0.552. The number of benzene rings is 1. The topological polar surface area (TPSA) is 52.7 Å². The van der Waals surface area contributed by atoms with E-state index < -0.39 is 0 Å². The molecule has 0 spiro atoms. The first-order valence-electron chi connectivity index (χ1n) is 8.08. The molecule has 124 valence electrons. The smallest absolute Gasteiger partial charge is 0.225 e. The normalized spacial score (nSPS) is 24.9. The molecule has 2 amide bonds. The van der Waals surface area contributed by atoms with Gasteiger partial charge in [-0.15, -0.1) is 0 Å². The third kappa shape index (κ3) is 3.46. The molecule has 2 atom stereocenters. The summed E-state index contributed by atoms with van der Waals surface area (Å²) in [5, 5.41) is 3.04. The number of amides is 2. The molecule has 6 heteroatoms. The van der Waals surface area contributed by atoms with Crippen molar-refractivity contribution in [3.63, 3.8) is 0 Å². The van der Waals surface area contributed by atoms with E-state index in [1.807, 2.05) is 11.0 Å². The molecular formula is C17H22FN3O2. The molecule has 0 radical (unpaired) electrons. The van der Waals surface area contributed by atoms with Crippen molar-refractivity contribution in [3.8, 4) is 0 Å². The van der Waals surface area contributed by atoms with Crippen LogP contribution >= 0.6 is 0 Å². The van der Waals surface area contributed by atoms with Crippen LogP contribution in [-0.2, 0) is 9.59 Å². The Labute approximate surface area is 135 Å². The Morgan fingerprint density at radius 2 is 2.09 bits per heavy atom. The molecule has 2 heterocycles. The first kappa shape index (κ1) is 15.8. The van der Waals surface area contributed by atoms with Gasteiger partial charge in [-0.3, -0.25) is 9.59 Å². The molecule has 2 fully saturated rings. The maximum atomic E-state index is 13.9. The van der Waals surface area contributed by atoms with E-state index in [2.05, 4.69) is 5.32 Å². The third-order valence-electron chi connectivity index (χ3n) is 4.67. The Balaban J connectivity index is 1.60. The zero-order valence-electron chi connectivity index (χ0n) is 13.3. The molecule has 23 heavy (non-hydrogen) atoms. The van der Waals surface area contributed by atoms with Gasteiger partial charge in [0.1, 0.15) is 5.82 Å². The van der Waals surface area contributed by atoms with Crippen LogP contribution in [0.5, 0.6) is 0 Å². The third-order valence-corrected chi connectivity index (χ3v) is 4.67. The number of hydrogen-bond acceptors (Lipinski definition) is 3. The molecule has 1 aromatic carbocycles. The van der Waals surface area contributed by atoms with Crippen LogP contribution in [0.25, 0.3) is 0 Å². The number of carbonyl (C=O) groups excluding carboxylic acids is 2. The standard InChI is InChI=1S/C17H22FN3O2/c1-20-10-12(9-16(20)22)17(23)19-13-5-4-8-21(11-13)15-7-3-2-6-14(15)18/h2-3,6-7,12-13H,4-5,8-11H2,1H3,(H,19,23). The minimum atomic E-state index is -0.267. The Morgan fingerprint density at radius 1 is 1.30 bits per heavy atom. The second kappa shape index (κ2) is 6.56. The fourth-order valence-electron chi connectivity index (χ4n) is 3.38. The van der Waals surface area contributed by atoms with Crippen molar-refractivity contribution in [1.82, 2.24) is 10.2 Å². The summed E-state index contributed by atoms with van der Waals surface area (Å²) in [6.45, 7) is 1.87. The average Bonchev–Trinajstić information content (AvgIpc) is 2.88. The van der Waals surface area contributed by atoms with Crippen LogP contribution in [0.2, 0.25) is 0 Å². The van der Waals surface area contributed by atoms with Gasteiger partial charge in [-0.25, -0.2) is 4.39 Å². The lowest BCUT2D eigenvalue weighted by Crippen LogP contribution is -2.49. The predicted octanol–water partition coefficient (Wildman–Crippen LogP) is 1.39. The number of carbonyl (C=O) groups is 2. The van der Waals surface area contributed by atoms with Crippen molar-refractivity contribution in [1.29, 1.82) is 0 Å². The summed E-state index contributed by atoms with van der Waals surface area (Å²) in [5.41, 5.74) is 0.585. The number of halogens is 1. The molecule has 5 nitrogen and oxygen atoms in total. The second-order valence-electron chi connectivity index (χ2n) is 6.42. The van der Waals surface area contributed by atoms with E-state index in [-0.39, 0.29) is 36.0 Å². The van der Waals surface area contributed by atoms with Crippen molar-refractivity contribution in [2.75, 3.05) is 31.6 Å². The molecule has 2 aliphatic rings. The number of hydrogen-bond donors (Lipinski definition) is 1. The lowest BCUT2D eigenvalue weighted by atomic mass is 10.0. The van der Waals surface area contributed by atoms with Gasteiger partial charge < -0.3 is 15.1 Å². The number of likely N-dealkylation sites (tertiary alicyclic amines) is 1. The molecular weight excluding hydrogens is 297 g/mol. The Kier molecular flexibility index (Phi) is 4.50. The molecule has 0 aliphatic carbocycles. The first-order valence-corrected chi connectivity index (χ1v) is 8.08. The maximum absolute atomic E-state index is 13.9. The molecule has 1 aromatic rings. The van der Waals surface area contributed by atoms with Gasteiger partial charge in [-0.1, -0.05) is 12.1 Å². The molecule has 2 saturated heterocycles. The average molecular weight is 319 g/mol. The molecule has 2 aliphatic heterocycles. The largest absolute Gasteiger partial charge is 0.367 e. The predicted molar refractivity (Wildman–Crippen MR) is 85.5 cm³/mol. The van der Waals surface area contributed by atoms with E-state index in [0.29, 0.717) is 18.8 Å². The van der Waals surface area contributed by atoms with Crippen LogP contribution in [0.15, 0.2) is 24.3 Å². The molecule has 2 unspecified atom stereocenters. The van der Waals surface area contributed by atoms with Crippen molar-refractivity contribution in [3.05, 3.63) is 30.1 Å². The van der Waals surface area contributed by atoms with Crippen LogP contribution in [-0.4, -0.2) is 49.4 Å². The number of piperidine rings is 1. The number of rotatable bonds is 3. The maximum Gasteiger partial charge on any atom is 0.225 e. The second-order valence-corrected chi connectivity index (χ2v) is 6.42. The fraction of sp³-hybridized carbons (Fsp3) is 0.529.